The third-order valence-corrected chi connectivity index (χ3v) is 9.18. The van der Waals surface area contributed by atoms with Crippen molar-refractivity contribution in [2.24, 2.45) is 7.05 Å². The molecular weight excluding hydrogens is 570 g/mol. The number of likely N-dealkylation sites (tertiary alicyclic amines) is 1. The lowest BCUT2D eigenvalue weighted by Gasteiger charge is -2.26. The molecule has 232 valence electrons. The maximum atomic E-state index is 13.7. The van der Waals surface area contributed by atoms with Gasteiger partial charge in [0, 0.05) is 53.2 Å². The van der Waals surface area contributed by atoms with Gasteiger partial charge in [-0.3, -0.25) is 14.5 Å². The molecule has 4 aromatic carbocycles. The molecule has 0 bridgehead atoms. The maximum absolute atomic E-state index is 13.7. The average molecular weight is 610 g/mol. The number of piperidine rings is 1. The smallest absolute Gasteiger partial charge is 0.258 e. The van der Waals surface area contributed by atoms with Crippen LogP contribution in [0.5, 0.6) is 0 Å². The van der Waals surface area contributed by atoms with E-state index < -0.39 is 0 Å². The highest BCUT2D eigenvalue weighted by molar-refractivity contribution is 6.37. The molecule has 1 aromatic heterocycles. The second-order valence-electron chi connectivity index (χ2n) is 12.4. The summed E-state index contributed by atoms with van der Waals surface area (Å²) in [6.07, 6.45) is 5.89. The van der Waals surface area contributed by atoms with E-state index >= 15 is 0 Å². The van der Waals surface area contributed by atoms with Crippen LogP contribution in [-0.2, 0) is 18.4 Å². The van der Waals surface area contributed by atoms with E-state index in [1.165, 1.54) is 24.8 Å². The first-order valence-corrected chi connectivity index (χ1v) is 16.1. The summed E-state index contributed by atoms with van der Waals surface area (Å²) in [4.78, 5) is 29.6. The largest absolute Gasteiger partial charge is 0.354 e. The van der Waals surface area contributed by atoms with Gasteiger partial charge < -0.3 is 20.5 Å². The number of aryl methyl sites for hydroxylation is 1. The number of hydrogen-bond acceptors (Lipinski definition) is 4. The van der Waals surface area contributed by atoms with Crippen molar-refractivity contribution >= 4 is 45.4 Å². The Bertz CT molecular complexity index is 1930. The SMILES string of the molecule is C[C@@H](NC(=O)c1ccc2c(c1)/C(=C(/Nc1ccc(CN3CCCCC3)cc1)c1ccc3c(ccn3C)c1)C(=O)N2)c1ccccc1. The lowest BCUT2D eigenvalue weighted by Crippen LogP contribution is -2.29. The molecule has 1 atom stereocenters. The second-order valence-corrected chi connectivity index (χ2v) is 12.4. The zero-order valence-corrected chi connectivity index (χ0v) is 26.3. The van der Waals surface area contributed by atoms with Crippen LogP contribution in [0.15, 0.2) is 103 Å². The van der Waals surface area contributed by atoms with E-state index in [0.717, 1.165) is 47.4 Å². The monoisotopic (exact) mass is 609 g/mol. The summed E-state index contributed by atoms with van der Waals surface area (Å²) in [5, 5.41) is 10.8. The first kappa shape index (κ1) is 29.6. The van der Waals surface area contributed by atoms with E-state index in [0.29, 0.717) is 28.1 Å². The van der Waals surface area contributed by atoms with E-state index in [2.05, 4.69) is 67.9 Å². The second kappa shape index (κ2) is 12.7. The molecule has 0 radical (unpaired) electrons. The van der Waals surface area contributed by atoms with E-state index in [1.54, 1.807) is 6.07 Å². The Hall–Kier alpha value is -5.14. The van der Waals surface area contributed by atoms with Gasteiger partial charge in [0.15, 0.2) is 0 Å². The molecule has 3 N–H and O–H groups in total. The predicted octanol–water partition coefficient (Wildman–Crippen LogP) is 7.59. The zero-order chi connectivity index (χ0) is 31.6. The number of carbonyl (C=O) groups is 2. The normalized spacial score (nSPS) is 16.5. The van der Waals surface area contributed by atoms with Crippen LogP contribution < -0.4 is 16.0 Å². The fourth-order valence-electron chi connectivity index (χ4n) is 6.59. The molecule has 46 heavy (non-hydrogen) atoms. The van der Waals surface area contributed by atoms with Gasteiger partial charge in [-0.2, -0.15) is 0 Å². The number of nitrogens with one attached hydrogen (secondary N) is 3. The molecule has 0 unspecified atom stereocenters. The van der Waals surface area contributed by atoms with Crippen LogP contribution in [0.25, 0.3) is 22.2 Å². The van der Waals surface area contributed by atoms with Crippen molar-refractivity contribution in [2.45, 2.75) is 38.8 Å². The number of benzene rings is 4. The summed E-state index contributed by atoms with van der Waals surface area (Å²) in [6, 6.07) is 31.9. The number of hydrogen-bond donors (Lipinski definition) is 3. The standard InChI is InChI=1S/C39H39N5O2/c1-26(28-9-5-3-6-10-28)40-38(45)31-13-17-34-33(24-31)36(39(46)42-34)37(30-14-18-35-29(23-30)19-22-43(35)2)41-32-15-11-27(12-16-32)25-44-20-7-4-8-21-44/h3,5-6,9-19,22-24,26,41H,4,7-8,20-21,25H2,1-2H3,(H,40,45)(H,42,46)/b37-36-/t26-/m1/s1. The maximum Gasteiger partial charge on any atom is 0.258 e. The summed E-state index contributed by atoms with van der Waals surface area (Å²) in [5.74, 6) is -0.398. The molecule has 2 aliphatic heterocycles. The average Bonchev–Trinajstić information content (AvgIpc) is 3.62. The van der Waals surface area contributed by atoms with Crippen molar-refractivity contribution in [2.75, 3.05) is 23.7 Å². The molecule has 1 saturated heterocycles. The molecule has 7 rings (SSSR count). The highest BCUT2D eigenvalue weighted by atomic mass is 16.2. The topological polar surface area (TPSA) is 78.4 Å². The first-order chi connectivity index (χ1) is 22.4. The van der Waals surface area contributed by atoms with E-state index in [-0.39, 0.29) is 17.9 Å². The van der Waals surface area contributed by atoms with Gasteiger partial charge in [-0.1, -0.05) is 55.0 Å². The molecule has 1 fully saturated rings. The van der Waals surface area contributed by atoms with Gasteiger partial charge in [0.2, 0.25) is 0 Å². The highest BCUT2D eigenvalue weighted by Crippen LogP contribution is 2.39. The number of nitrogens with zero attached hydrogens (tertiary/aromatic N) is 2. The van der Waals surface area contributed by atoms with Crippen LogP contribution >= 0.6 is 0 Å². The van der Waals surface area contributed by atoms with Crippen LogP contribution in [0.2, 0.25) is 0 Å². The van der Waals surface area contributed by atoms with Crippen molar-refractivity contribution in [1.29, 1.82) is 0 Å². The fourth-order valence-corrected chi connectivity index (χ4v) is 6.59. The lowest BCUT2D eigenvalue weighted by atomic mass is 9.97. The zero-order valence-electron chi connectivity index (χ0n) is 26.3. The molecule has 7 heteroatoms. The fraction of sp³-hybridized carbons (Fsp3) is 0.231. The Morgan fingerprint density at radius 1 is 0.870 bits per heavy atom. The van der Waals surface area contributed by atoms with Gasteiger partial charge in [-0.15, -0.1) is 0 Å². The van der Waals surface area contributed by atoms with Gasteiger partial charge in [0.05, 0.1) is 17.3 Å². The summed E-state index contributed by atoms with van der Waals surface area (Å²) >= 11 is 0. The summed E-state index contributed by atoms with van der Waals surface area (Å²) in [7, 11) is 2.02. The van der Waals surface area contributed by atoms with Gasteiger partial charge in [-0.25, -0.2) is 0 Å². The number of rotatable bonds is 8. The Kier molecular flexibility index (Phi) is 8.16. The molecule has 7 nitrogen and oxygen atoms in total. The Morgan fingerprint density at radius 3 is 2.41 bits per heavy atom. The van der Waals surface area contributed by atoms with Gasteiger partial charge in [-0.05, 0) is 98.1 Å². The summed E-state index contributed by atoms with van der Waals surface area (Å²) in [6.45, 7) is 5.22. The minimum atomic E-state index is -0.206. The number of carbonyl (C=O) groups excluding carboxylic acids is 2. The molecule has 0 spiro atoms. The van der Waals surface area contributed by atoms with Gasteiger partial charge in [0.25, 0.3) is 11.8 Å². The van der Waals surface area contributed by atoms with Crippen molar-refractivity contribution in [3.8, 4) is 0 Å². The number of aromatic nitrogens is 1. The predicted molar refractivity (Wildman–Crippen MR) is 186 cm³/mol. The molecule has 2 aliphatic rings. The lowest BCUT2D eigenvalue weighted by molar-refractivity contribution is -0.110. The van der Waals surface area contributed by atoms with E-state index in [4.69, 9.17) is 0 Å². The number of anilines is 2. The van der Waals surface area contributed by atoms with Crippen molar-refractivity contribution in [1.82, 2.24) is 14.8 Å². The molecule has 0 aliphatic carbocycles. The number of amides is 2. The molecular formula is C39H39N5O2. The molecule has 3 heterocycles. The first-order valence-electron chi connectivity index (χ1n) is 16.1. The van der Waals surface area contributed by atoms with Gasteiger partial charge >= 0.3 is 0 Å². The van der Waals surface area contributed by atoms with Crippen LogP contribution in [0, 0.1) is 0 Å². The molecule has 5 aromatic rings. The van der Waals surface area contributed by atoms with Crippen molar-refractivity contribution in [3.05, 3.63) is 131 Å². The van der Waals surface area contributed by atoms with Crippen LogP contribution in [-0.4, -0.2) is 34.4 Å². The highest BCUT2D eigenvalue weighted by Gasteiger charge is 2.30. The minimum absolute atomic E-state index is 0.163. The summed E-state index contributed by atoms with van der Waals surface area (Å²) < 4.78 is 2.08. The van der Waals surface area contributed by atoms with Crippen LogP contribution in [0.3, 0.4) is 0 Å². The van der Waals surface area contributed by atoms with Gasteiger partial charge in [0.1, 0.15) is 0 Å². The van der Waals surface area contributed by atoms with E-state index in [1.807, 2.05) is 68.7 Å². The molecule has 0 saturated carbocycles. The van der Waals surface area contributed by atoms with Crippen molar-refractivity contribution in [3.63, 3.8) is 0 Å². The quantitative estimate of drug-likeness (QED) is 0.159. The third-order valence-electron chi connectivity index (χ3n) is 9.18. The third kappa shape index (κ3) is 6.06. The minimum Gasteiger partial charge on any atom is -0.354 e. The number of fused-ring (bicyclic) bond motifs is 2. The van der Waals surface area contributed by atoms with Crippen LogP contribution in [0.1, 0.15) is 64.8 Å². The van der Waals surface area contributed by atoms with Crippen LogP contribution in [0.4, 0.5) is 11.4 Å². The van der Waals surface area contributed by atoms with E-state index in [9.17, 15) is 9.59 Å². The Morgan fingerprint density at radius 2 is 1.63 bits per heavy atom. The molecule has 2 amide bonds. The Balaban J connectivity index is 1.25. The Labute approximate surface area is 269 Å². The summed E-state index contributed by atoms with van der Waals surface area (Å²) in [5.41, 5.74) is 8.28. The van der Waals surface area contributed by atoms with Crippen molar-refractivity contribution < 1.29 is 9.59 Å².